The van der Waals surface area contributed by atoms with Gasteiger partial charge in [-0.25, -0.2) is 0 Å². The first-order valence-electron chi connectivity index (χ1n) is 6.09. The van der Waals surface area contributed by atoms with Gasteiger partial charge in [-0.1, -0.05) is 26.0 Å². The van der Waals surface area contributed by atoms with Crippen LogP contribution in [-0.4, -0.2) is 5.38 Å². The fourth-order valence-electron chi connectivity index (χ4n) is 1.81. The molecular formula is C14H18ClF3. The molecule has 1 aromatic carbocycles. The number of rotatable bonds is 5. The van der Waals surface area contributed by atoms with Crippen LogP contribution in [-0.2, 0) is 12.6 Å². The van der Waals surface area contributed by atoms with Crippen LogP contribution in [0.1, 0.15) is 37.8 Å². The molecule has 0 amide bonds. The van der Waals surface area contributed by atoms with Gasteiger partial charge in [0.25, 0.3) is 0 Å². The van der Waals surface area contributed by atoms with Crippen molar-refractivity contribution in [2.24, 2.45) is 5.92 Å². The van der Waals surface area contributed by atoms with Gasteiger partial charge in [0.2, 0.25) is 0 Å². The van der Waals surface area contributed by atoms with Crippen LogP contribution in [0.3, 0.4) is 0 Å². The van der Waals surface area contributed by atoms with Crippen LogP contribution in [0.15, 0.2) is 24.3 Å². The average Bonchev–Trinajstić information content (AvgIpc) is 2.25. The van der Waals surface area contributed by atoms with E-state index in [0.29, 0.717) is 5.92 Å². The van der Waals surface area contributed by atoms with Crippen LogP contribution in [0.5, 0.6) is 0 Å². The fraction of sp³-hybridized carbons (Fsp3) is 0.571. The topological polar surface area (TPSA) is 0 Å². The highest BCUT2D eigenvalue weighted by atomic mass is 35.5. The largest absolute Gasteiger partial charge is 0.416 e. The summed E-state index contributed by atoms with van der Waals surface area (Å²) in [5, 5.41) is 0.0901. The molecule has 0 N–H and O–H groups in total. The van der Waals surface area contributed by atoms with Gasteiger partial charge < -0.3 is 0 Å². The molecule has 0 aliphatic carbocycles. The van der Waals surface area contributed by atoms with Crippen molar-refractivity contribution in [3.63, 3.8) is 0 Å². The van der Waals surface area contributed by atoms with E-state index < -0.39 is 11.7 Å². The van der Waals surface area contributed by atoms with E-state index in [1.54, 1.807) is 0 Å². The molecule has 0 aromatic heterocycles. The van der Waals surface area contributed by atoms with Gasteiger partial charge in [-0.3, -0.25) is 0 Å². The van der Waals surface area contributed by atoms with Crippen LogP contribution in [0.25, 0.3) is 0 Å². The molecule has 0 saturated carbocycles. The third-order valence-corrected chi connectivity index (χ3v) is 3.15. The zero-order valence-corrected chi connectivity index (χ0v) is 11.4. The Morgan fingerprint density at radius 1 is 1.11 bits per heavy atom. The minimum atomic E-state index is -4.26. The Morgan fingerprint density at radius 2 is 1.67 bits per heavy atom. The Labute approximate surface area is 111 Å². The van der Waals surface area contributed by atoms with Gasteiger partial charge in [-0.05, 0) is 42.9 Å². The predicted octanol–water partition coefficient (Wildman–Crippen LogP) is 5.29. The summed E-state index contributed by atoms with van der Waals surface area (Å²) in [6.07, 6.45) is -1.81. The number of hydrogen-bond acceptors (Lipinski definition) is 0. The summed E-state index contributed by atoms with van der Waals surface area (Å²) in [4.78, 5) is 0. The molecule has 0 aliphatic heterocycles. The quantitative estimate of drug-likeness (QED) is 0.642. The molecule has 0 heterocycles. The lowest BCUT2D eigenvalue weighted by atomic mass is 10.0. The molecule has 0 aliphatic rings. The molecule has 102 valence electrons. The highest BCUT2D eigenvalue weighted by Gasteiger charge is 2.29. The Kier molecular flexibility index (Phi) is 5.51. The molecule has 0 saturated heterocycles. The zero-order chi connectivity index (χ0) is 13.8. The molecule has 1 unspecified atom stereocenters. The van der Waals surface area contributed by atoms with E-state index in [9.17, 15) is 13.2 Å². The monoisotopic (exact) mass is 278 g/mol. The second kappa shape index (κ2) is 6.46. The molecule has 1 aromatic rings. The average molecular weight is 279 g/mol. The lowest BCUT2D eigenvalue weighted by molar-refractivity contribution is -0.137. The Hall–Kier alpha value is -0.700. The van der Waals surface area contributed by atoms with Crippen LogP contribution >= 0.6 is 11.6 Å². The number of halogens is 4. The highest BCUT2D eigenvalue weighted by molar-refractivity contribution is 6.20. The number of aryl methyl sites for hydroxylation is 1. The summed E-state index contributed by atoms with van der Waals surface area (Å²) in [5.41, 5.74) is 0.299. The van der Waals surface area contributed by atoms with Crippen molar-refractivity contribution in [3.8, 4) is 0 Å². The molecule has 1 rings (SSSR count). The van der Waals surface area contributed by atoms with Crippen molar-refractivity contribution in [2.45, 2.75) is 44.7 Å². The van der Waals surface area contributed by atoms with E-state index >= 15 is 0 Å². The lowest BCUT2D eigenvalue weighted by Gasteiger charge is -2.12. The zero-order valence-electron chi connectivity index (χ0n) is 10.6. The third-order valence-electron chi connectivity index (χ3n) is 2.75. The summed E-state index contributed by atoms with van der Waals surface area (Å²) in [6, 6.07) is 5.31. The van der Waals surface area contributed by atoms with Crippen molar-refractivity contribution in [1.82, 2.24) is 0 Å². The van der Waals surface area contributed by atoms with Crippen molar-refractivity contribution in [1.29, 1.82) is 0 Å². The maximum Gasteiger partial charge on any atom is 0.416 e. The van der Waals surface area contributed by atoms with Gasteiger partial charge in [0.05, 0.1) is 5.56 Å². The van der Waals surface area contributed by atoms with Crippen molar-refractivity contribution >= 4 is 11.6 Å². The maximum atomic E-state index is 12.4. The van der Waals surface area contributed by atoms with Crippen molar-refractivity contribution < 1.29 is 13.2 Å². The summed E-state index contributed by atoms with van der Waals surface area (Å²) >= 11 is 6.15. The summed E-state index contributed by atoms with van der Waals surface area (Å²) in [5.74, 6) is 0.542. The van der Waals surface area contributed by atoms with Gasteiger partial charge in [0.15, 0.2) is 0 Å². The fourth-order valence-corrected chi connectivity index (χ4v) is 2.28. The summed E-state index contributed by atoms with van der Waals surface area (Å²) < 4.78 is 37.1. The number of alkyl halides is 4. The molecule has 0 spiro atoms. The smallest absolute Gasteiger partial charge is 0.166 e. The highest BCUT2D eigenvalue weighted by Crippen LogP contribution is 2.29. The van der Waals surface area contributed by atoms with Gasteiger partial charge in [-0.2, -0.15) is 13.2 Å². The van der Waals surface area contributed by atoms with Crippen LogP contribution in [0, 0.1) is 5.92 Å². The van der Waals surface area contributed by atoms with Crippen molar-refractivity contribution in [3.05, 3.63) is 35.4 Å². The molecule has 0 radical (unpaired) electrons. The minimum Gasteiger partial charge on any atom is -0.166 e. The molecule has 0 bridgehead atoms. The normalized spacial score (nSPS) is 13.9. The van der Waals surface area contributed by atoms with Crippen molar-refractivity contribution in [2.75, 3.05) is 0 Å². The number of hydrogen-bond donors (Lipinski definition) is 0. The molecule has 18 heavy (non-hydrogen) atoms. The molecular weight excluding hydrogens is 261 g/mol. The van der Waals surface area contributed by atoms with E-state index in [2.05, 4.69) is 13.8 Å². The Morgan fingerprint density at radius 3 is 2.11 bits per heavy atom. The standard InChI is InChI=1S/C14H18ClF3/c1-10(2)9-13(15)8-5-11-3-6-12(7-4-11)14(16,17)18/h3-4,6-7,10,13H,5,8-9H2,1-2H3. The molecule has 0 fully saturated rings. The number of benzene rings is 1. The van der Waals surface area contributed by atoms with E-state index in [-0.39, 0.29) is 5.38 Å². The third kappa shape index (κ3) is 5.30. The molecule has 0 nitrogen and oxygen atoms in total. The van der Waals surface area contributed by atoms with Gasteiger partial charge in [0.1, 0.15) is 0 Å². The lowest BCUT2D eigenvalue weighted by Crippen LogP contribution is -2.06. The van der Waals surface area contributed by atoms with E-state index in [1.807, 2.05) is 0 Å². The van der Waals surface area contributed by atoms with Gasteiger partial charge in [0, 0.05) is 5.38 Å². The van der Waals surface area contributed by atoms with Crippen LogP contribution in [0.4, 0.5) is 13.2 Å². The van der Waals surface area contributed by atoms with Gasteiger partial charge in [-0.15, -0.1) is 11.6 Å². The first-order valence-corrected chi connectivity index (χ1v) is 6.53. The first-order chi connectivity index (χ1) is 8.29. The first kappa shape index (κ1) is 15.4. The molecule has 4 heteroatoms. The van der Waals surface area contributed by atoms with E-state index in [0.717, 1.165) is 37.0 Å². The van der Waals surface area contributed by atoms with Gasteiger partial charge >= 0.3 is 6.18 Å². The predicted molar refractivity (Wildman–Crippen MR) is 68.9 cm³/mol. The minimum absolute atomic E-state index is 0.0901. The second-order valence-corrected chi connectivity index (χ2v) is 5.58. The Balaban J connectivity index is 2.49. The SMILES string of the molecule is CC(C)CC(Cl)CCc1ccc(C(F)(F)F)cc1. The van der Waals surface area contributed by atoms with Crippen LogP contribution in [0.2, 0.25) is 0 Å². The van der Waals surface area contributed by atoms with Crippen LogP contribution < -0.4 is 0 Å². The molecule has 1 atom stereocenters. The summed E-state index contributed by atoms with van der Waals surface area (Å²) in [6.45, 7) is 4.21. The summed E-state index contributed by atoms with van der Waals surface area (Å²) in [7, 11) is 0. The Bertz CT molecular complexity index is 354. The van der Waals surface area contributed by atoms with E-state index in [4.69, 9.17) is 11.6 Å². The maximum absolute atomic E-state index is 12.4. The van der Waals surface area contributed by atoms with E-state index in [1.165, 1.54) is 12.1 Å². The second-order valence-electron chi connectivity index (χ2n) is 4.96.